The predicted molar refractivity (Wildman–Crippen MR) is 126 cm³/mol. The first-order valence-corrected chi connectivity index (χ1v) is 11.0. The molecule has 34 heavy (non-hydrogen) atoms. The minimum atomic E-state index is -4.66. The largest absolute Gasteiger partial charge is 0.399 e. The molecule has 0 saturated carbocycles. The molecule has 0 aliphatic heterocycles. The number of hydrogen-bond acceptors (Lipinski definition) is 2. The quantitative estimate of drug-likeness (QED) is 0.200. The molecule has 1 heterocycles. The molecule has 0 fully saturated rings. The smallest absolute Gasteiger partial charge is 0.348 e. The van der Waals surface area contributed by atoms with E-state index in [0.717, 1.165) is 23.8 Å². The minimum Gasteiger partial charge on any atom is -0.348 e. The van der Waals surface area contributed by atoms with Gasteiger partial charge in [-0.25, -0.2) is 9.37 Å². The van der Waals surface area contributed by atoms with E-state index in [1.807, 2.05) is 0 Å². The summed E-state index contributed by atoms with van der Waals surface area (Å²) in [6.45, 7) is 1.91. The summed E-state index contributed by atoms with van der Waals surface area (Å²) in [5.74, 6) is -3.38. The van der Waals surface area contributed by atoms with Crippen LogP contribution in [-0.4, -0.2) is 17.1 Å². The van der Waals surface area contributed by atoms with Crippen molar-refractivity contribution in [2.45, 2.75) is 25.6 Å². The number of allylic oxidation sites excluding steroid dienone is 1. The second-order valence-electron chi connectivity index (χ2n) is 7.42. The van der Waals surface area contributed by atoms with E-state index in [0.29, 0.717) is 21.8 Å². The summed E-state index contributed by atoms with van der Waals surface area (Å²) < 4.78 is 54.7. The lowest BCUT2D eigenvalue weighted by Crippen LogP contribution is -2.23. The van der Waals surface area contributed by atoms with Crippen LogP contribution in [0.15, 0.2) is 54.7 Å². The fraction of sp³-hybridized carbons (Fsp3) is 0.167. The van der Waals surface area contributed by atoms with Crippen molar-refractivity contribution < 1.29 is 22.4 Å². The lowest BCUT2D eigenvalue weighted by molar-refractivity contribution is -0.139. The Bertz CT molecular complexity index is 1220. The molecule has 3 aromatic rings. The number of nitrogens with one attached hydrogen (secondary N) is 1. The zero-order valence-electron chi connectivity index (χ0n) is 17.6. The molecular formula is C24H17Cl3F4N2O. The summed E-state index contributed by atoms with van der Waals surface area (Å²) in [6, 6.07) is 9.79. The summed E-state index contributed by atoms with van der Waals surface area (Å²) in [5, 5.41) is 2.08. The molecule has 0 aliphatic rings. The Labute approximate surface area is 208 Å². The molecule has 2 aromatic carbocycles. The van der Waals surface area contributed by atoms with Crippen LogP contribution in [0.3, 0.4) is 0 Å². The lowest BCUT2D eigenvalue weighted by Gasteiger charge is -2.18. The number of aryl methyl sites for hydroxylation is 1. The minimum absolute atomic E-state index is 0.234. The van der Waals surface area contributed by atoms with Gasteiger partial charge in [0.1, 0.15) is 5.15 Å². The lowest BCUT2D eigenvalue weighted by atomic mass is 9.96. The molecule has 0 spiro atoms. The van der Waals surface area contributed by atoms with Crippen LogP contribution in [0.1, 0.15) is 38.5 Å². The highest BCUT2D eigenvalue weighted by molar-refractivity contribution is 6.35. The van der Waals surface area contributed by atoms with E-state index in [1.165, 1.54) is 24.4 Å². The first kappa shape index (κ1) is 26.0. The van der Waals surface area contributed by atoms with Gasteiger partial charge in [0.2, 0.25) is 0 Å². The second kappa shape index (κ2) is 10.8. The Morgan fingerprint density at radius 1 is 1.09 bits per heavy atom. The van der Waals surface area contributed by atoms with Gasteiger partial charge in [-0.15, -0.1) is 0 Å². The van der Waals surface area contributed by atoms with E-state index >= 15 is 0 Å². The van der Waals surface area contributed by atoms with Crippen LogP contribution in [0.4, 0.5) is 17.6 Å². The number of pyridine rings is 1. The number of benzene rings is 2. The second-order valence-corrected chi connectivity index (χ2v) is 8.62. The topological polar surface area (TPSA) is 42.0 Å². The van der Waals surface area contributed by atoms with Gasteiger partial charge in [-0.3, -0.25) is 4.79 Å². The maximum atomic E-state index is 13.7. The standard InChI is InChI=1S/C24H17Cl3F4N2O/c1-13-8-14(2-4-17(13)23(34)33-12-15-6-7-32-21(27)9-15)3-5-18(24(29,30)31)16-10-19(25)22(28)20(26)11-16/h2-11,18H,12H2,1H3,(H,33,34). The Morgan fingerprint density at radius 2 is 1.76 bits per heavy atom. The van der Waals surface area contributed by atoms with Gasteiger partial charge >= 0.3 is 6.18 Å². The molecular weight excluding hydrogens is 515 g/mol. The zero-order chi connectivity index (χ0) is 25.0. The predicted octanol–water partition coefficient (Wildman–Crippen LogP) is 7.78. The summed E-state index contributed by atoms with van der Waals surface area (Å²) in [5.41, 5.74) is 1.88. The highest BCUT2D eigenvalue weighted by Gasteiger charge is 2.39. The Morgan fingerprint density at radius 3 is 2.35 bits per heavy atom. The van der Waals surface area contributed by atoms with Crippen molar-refractivity contribution in [2.75, 3.05) is 0 Å². The molecule has 1 atom stereocenters. The molecule has 1 aromatic heterocycles. The number of amides is 1. The van der Waals surface area contributed by atoms with E-state index in [4.69, 9.17) is 34.8 Å². The van der Waals surface area contributed by atoms with E-state index < -0.39 is 28.0 Å². The molecule has 3 nitrogen and oxygen atoms in total. The maximum Gasteiger partial charge on any atom is 0.399 e. The van der Waals surface area contributed by atoms with Crippen molar-refractivity contribution >= 4 is 46.8 Å². The number of hydrogen-bond donors (Lipinski definition) is 1. The van der Waals surface area contributed by atoms with Crippen molar-refractivity contribution in [3.05, 3.63) is 104 Å². The van der Waals surface area contributed by atoms with E-state index in [1.54, 1.807) is 25.1 Å². The summed E-state index contributed by atoms with van der Waals surface area (Å²) in [7, 11) is 0. The Kier molecular flexibility index (Phi) is 8.23. The van der Waals surface area contributed by atoms with Crippen LogP contribution in [0.25, 0.3) is 6.08 Å². The number of halogens is 7. The normalized spacial score (nSPS) is 12.7. The van der Waals surface area contributed by atoms with E-state index in [-0.39, 0.29) is 18.0 Å². The molecule has 178 valence electrons. The zero-order valence-corrected chi connectivity index (χ0v) is 19.8. The van der Waals surface area contributed by atoms with E-state index in [2.05, 4.69) is 10.3 Å². The third-order valence-corrected chi connectivity index (χ3v) is 5.69. The van der Waals surface area contributed by atoms with Crippen LogP contribution in [0.2, 0.25) is 15.2 Å². The van der Waals surface area contributed by atoms with Gasteiger partial charge in [0.15, 0.2) is 5.82 Å². The Hall–Kier alpha value is -2.61. The van der Waals surface area contributed by atoms with Gasteiger partial charge in [0.25, 0.3) is 5.91 Å². The van der Waals surface area contributed by atoms with Crippen LogP contribution in [0, 0.1) is 12.7 Å². The molecule has 10 heteroatoms. The third kappa shape index (κ3) is 6.50. The third-order valence-electron chi connectivity index (χ3n) is 4.94. The maximum absolute atomic E-state index is 13.7. The fourth-order valence-electron chi connectivity index (χ4n) is 3.25. The molecule has 0 aliphatic carbocycles. The van der Waals surface area contributed by atoms with Crippen molar-refractivity contribution in [3.63, 3.8) is 0 Å². The molecule has 1 N–H and O–H groups in total. The first-order valence-electron chi connectivity index (χ1n) is 9.84. The van der Waals surface area contributed by atoms with Gasteiger partial charge in [-0.1, -0.05) is 59.1 Å². The van der Waals surface area contributed by atoms with Crippen LogP contribution in [-0.2, 0) is 6.54 Å². The number of rotatable bonds is 6. The van der Waals surface area contributed by atoms with E-state index in [9.17, 15) is 22.4 Å². The average molecular weight is 532 g/mol. The van der Waals surface area contributed by atoms with Crippen molar-refractivity contribution in [3.8, 4) is 0 Å². The number of nitrogens with zero attached hydrogens (tertiary/aromatic N) is 1. The summed E-state index contributed by atoms with van der Waals surface area (Å²) in [6.07, 6.45) is -0.928. The monoisotopic (exact) mass is 530 g/mol. The van der Waals surface area contributed by atoms with Crippen LogP contribution in [0.5, 0.6) is 0 Å². The first-order chi connectivity index (χ1) is 16.0. The number of carbonyl (C=O) groups excluding carboxylic acids is 1. The van der Waals surface area contributed by atoms with Crippen LogP contribution >= 0.6 is 34.8 Å². The van der Waals surface area contributed by atoms with Gasteiger partial charge in [0.05, 0.1) is 16.0 Å². The van der Waals surface area contributed by atoms with Crippen molar-refractivity contribution in [2.24, 2.45) is 0 Å². The van der Waals surface area contributed by atoms with Gasteiger partial charge in [-0.2, -0.15) is 13.2 Å². The number of alkyl halides is 3. The molecule has 0 saturated heterocycles. The number of aromatic nitrogens is 1. The molecule has 0 radical (unpaired) electrons. The highest BCUT2D eigenvalue weighted by Crippen LogP contribution is 2.39. The van der Waals surface area contributed by atoms with Crippen molar-refractivity contribution in [1.29, 1.82) is 0 Å². The average Bonchev–Trinajstić information content (AvgIpc) is 2.75. The van der Waals surface area contributed by atoms with Crippen molar-refractivity contribution in [1.82, 2.24) is 10.3 Å². The van der Waals surface area contributed by atoms with Crippen LogP contribution < -0.4 is 5.32 Å². The molecule has 1 amide bonds. The Balaban J connectivity index is 1.78. The fourth-order valence-corrected chi connectivity index (χ4v) is 3.95. The molecule has 0 bridgehead atoms. The van der Waals surface area contributed by atoms with Gasteiger partial charge in [-0.05, 0) is 59.5 Å². The molecule has 1 unspecified atom stereocenters. The SMILES string of the molecule is Cc1cc(C=CC(c2cc(Cl)c(F)c(Cl)c2)C(F)(F)F)ccc1C(=O)NCc1ccnc(Cl)c1. The van der Waals surface area contributed by atoms with Gasteiger partial charge in [0, 0.05) is 18.3 Å². The van der Waals surface area contributed by atoms with Gasteiger partial charge < -0.3 is 5.32 Å². The highest BCUT2D eigenvalue weighted by atomic mass is 35.5. The number of carbonyl (C=O) groups is 1. The summed E-state index contributed by atoms with van der Waals surface area (Å²) in [4.78, 5) is 16.4. The summed E-state index contributed by atoms with van der Waals surface area (Å²) >= 11 is 17.2. The molecule has 3 rings (SSSR count).